The standard InChI is InChI=1S/C28H44N2O6/c1-9-12-19(7)29(13-10-2)25(33)23-28-15-18(6)27(8,36-28)22(26(34)35-14-11-3)21(28)24(32)30(23)20(16-31)17(4)5/h10-11,17-23,31H,2-3,9,12-16H2,1,4-8H3/t18?,19?,20-,21-,22+,23?,27-,28?/m0/s1. The van der Waals surface area contributed by atoms with E-state index >= 15 is 0 Å². The Morgan fingerprint density at radius 2 is 1.97 bits per heavy atom. The maximum atomic E-state index is 14.4. The zero-order valence-electron chi connectivity index (χ0n) is 22.7. The SMILES string of the molecule is C=CCOC(=O)[C@H]1[C@H]2C(=O)N([C@@H](CO)C(C)C)C(C(=O)N(CC=C)C(C)CCC)C23CC(C)[C@]1(C)O3. The van der Waals surface area contributed by atoms with Crippen LogP contribution >= 0.6 is 0 Å². The number of nitrogens with zero attached hydrogens (tertiary/aromatic N) is 2. The molecule has 0 aromatic carbocycles. The molecule has 0 aromatic heterocycles. The van der Waals surface area contributed by atoms with E-state index in [1.807, 2.05) is 34.6 Å². The summed E-state index contributed by atoms with van der Waals surface area (Å²) in [5.74, 6) is -2.94. The molecule has 4 unspecified atom stereocenters. The quantitative estimate of drug-likeness (QED) is 0.324. The highest BCUT2D eigenvalue weighted by Crippen LogP contribution is 2.65. The Balaban J connectivity index is 2.18. The van der Waals surface area contributed by atoms with Crippen molar-refractivity contribution in [3.63, 3.8) is 0 Å². The lowest BCUT2D eigenvalue weighted by Crippen LogP contribution is -2.60. The second-order valence-electron chi connectivity index (χ2n) is 11.3. The van der Waals surface area contributed by atoms with Crippen LogP contribution in [-0.4, -0.2) is 81.8 Å². The molecule has 3 fully saturated rings. The highest BCUT2D eigenvalue weighted by molar-refractivity contribution is 5.99. The summed E-state index contributed by atoms with van der Waals surface area (Å²) in [6.45, 7) is 19.3. The Labute approximate surface area is 215 Å². The number of amides is 2. The molecular formula is C28H44N2O6. The summed E-state index contributed by atoms with van der Waals surface area (Å²) in [4.78, 5) is 45.3. The molecule has 8 nitrogen and oxygen atoms in total. The van der Waals surface area contributed by atoms with Gasteiger partial charge in [0.15, 0.2) is 0 Å². The molecule has 3 heterocycles. The summed E-state index contributed by atoms with van der Waals surface area (Å²) in [5, 5.41) is 10.4. The molecule has 3 rings (SSSR count). The molecule has 202 valence electrons. The van der Waals surface area contributed by atoms with Gasteiger partial charge in [-0.3, -0.25) is 14.4 Å². The van der Waals surface area contributed by atoms with Crippen LogP contribution in [0.1, 0.15) is 60.8 Å². The number of carbonyl (C=O) groups excluding carboxylic acids is 3. The van der Waals surface area contributed by atoms with Gasteiger partial charge in [0.05, 0.1) is 24.2 Å². The predicted octanol–water partition coefficient (Wildman–Crippen LogP) is 2.95. The van der Waals surface area contributed by atoms with Crippen molar-refractivity contribution in [3.8, 4) is 0 Å². The Kier molecular flexibility index (Phi) is 8.40. The fourth-order valence-electron chi connectivity index (χ4n) is 6.88. The van der Waals surface area contributed by atoms with Gasteiger partial charge in [0, 0.05) is 12.6 Å². The molecular weight excluding hydrogens is 460 g/mol. The highest BCUT2D eigenvalue weighted by Gasteiger charge is 2.80. The Morgan fingerprint density at radius 1 is 1.31 bits per heavy atom. The molecule has 0 aromatic rings. The zero-order chi connectivity index (χ0) is 27.0. The van der Waals surface area contributed by atoms with Crippen molar-refractivity contribution in [1.82, 2.24) is 9.80 Å². The lowest BCUT2D eigenvalue weighted by Gasteiger charge is -2.42. The van der Waals surface area contributed by atoms with Gasteiger partial charge in [0.1, 0.15) is 24.2 Å². The van der Waals surface area contributed by atoms with Crippen molar-refractivity contribution in [2.24, 2.45) is 23.7 Å². The minimum absolute atomic E-state index is 0.0344. The molecule has 2 bridgehead atoms. The van der Waals surface area contributed by atoms with Crippen molar-refractivity contribution < 1.29 is 29.0 Å². The molecule has 36 heavy (non-hydrogen) atoms. The van der Waals surface area contributed by atoms with Gasteiger partial charge in [0.25, 0.3) is 0 Å². The first-order chi connectivity index (χ1) is 17.0. The van der Waals surface area contributed by atoms with E-state index in [4.69, 9.17) is 9.47 Å². The van der Waals surface area contributed by atoms with Crippen molar-refractivity contribution >= 4 is 17.8 Å². The third kappa shape index (κ3) is 4.20. The van der Waals surface area contributed by atoms with E-state index in [0.717, 1.165) is 12.8 Å². The summed E-state index contributed by atoms with van der Waals surface area (Å²) in [7, 11) is 0. The van der Waals surface area contributed by atoms with Gasteiger partial charge in [-0.25, -0.2) is 0 Å². The number of aliphatic hydroxyl groups excluding tert-OH is 1. The largest absolute Gasteiger partial charge is 0.461 e. The fourth-order valence-corrected chi connectivity index (χ4v) is 6.88. The van der Waals surface area contributed by atoms with E-state index in [-0.39, 0.29) is 42.9 Å². The first-order valence-corrected chi connectivity index (χ1v) is 13.3. The van der Waals surface area contributed by atoms with E-state index < -0.39 is 41.1 Å². The lowest BCUT2D eigenvalue weighted by atomic mass is 9.62. The smallest absolute Gasteiger partial charge is 0.313 e. The van der Waals surface area contributed by atoms with Gasteiger partial charge in [0.2, 0.25) is 11.8 Å². The van der Waals surface area contributed by atoms with Crippen LogP contribution in [-0.2, 0) is 23.9 Å². The number of fused-ring (bicyclic) bond motifs is 1. The molecule has 0 radical (unpaired) electrons. The minimum atomic E-state index is -1.17. The topological polar surface area (TPSA) is 96.4 Å². The molecule has 0 aliphatic carbocycles. The van der Waals surface area contributed by atoms with E-state index in [0.29, 0.717) is 13.0 Å². The Hall–Kier alpha value is -2.19. The number of aliphatic hydroxyl groups is 1. The molecule has 3 aliphatic rings. The lowest BCUT2D eigenvalue weighted by molar-refractivity contribution is -0.164. The Morgan fingerprint density at radius 3 is 2.50 bits per heavy atom. The van der Waals surface area contributed by atoms with Crippen LogP contribution < -0.4 is 0 Å². The molecule has 3 aliphatic heterocycles. The van der Waals surface area contributed by atoms with Crippen molar-refractivity contribution in [3.05, 3.63) is 25.3 Å². The Bertz CT molecular complexity index is 889. The van der Waals surface area contributed by atoms with E-state index in [9.17, 15) is 19.5 Å². The molecule has 1 N–H and O–H groups in total. The number of ether oxygens (including phenoxy) is 2. The number of likely N-dealkylation sites (tertiary alicyclic amines) is 1. The third-order valence-corrected chi connectivity index (χ3v) is 8.75. The summed E-state index contributed by atoms with van der Waals surface area (Å²) < 4.78 is 12.2. The van der Waals surface area contributed by atoms with Crippen LogP contribution in [0.2, 0.25) is 0 Å². The molecule has 3 saturated heterocycles. The number of hydrogen-bond acceptors (Lipinski definition) is 6. The third-order valence-electron chi connectivity index (χ3n) is 8.75. The average molecular weight is 505 g/mol. The van der Waals surface area contributed by atoms with Crippen LogP contribution in [0.4, 0.5) is 0 Å². The van der Waals surface area contributed by atoms with Crippen LogP contribution in [0.5, 0.6) is 0 Å². The summed E-state index contributed by atoms with van der Waals surface area (Å²) in [6.07, 6.45) is 5.36. The number of carbonyl (C=O) groups is 3. The van der Waals surface area contributed by atoms with Crippen molar-refractivity contribution in [2.45, 2.75) is 90.1 Å². The molecule has 8 heteroatoms. The minimum Gasteiger partial charge on any atom is -0.461 e. The zero-order valence-corrected chi connectivity index (χ0v) is 22.7. The van der Waals surface area contributed by atoms with E-state index in [2.05, 4.69) is 20.1 Å². The molecule has 8 atom stereocenters. The molecule has 2 amide bonds. The maximum absolute atomic E-state index is 14.4. The van der Waals surface area contributed by atoms with Gasteiger partial charge in [-0.05, 0) is 38.5 Å². The van der Waals surface area contributed by atoms with Crippen molar-refractivity contribution in [2.75, 3.05) is 19.8 Å². The molecule has 0 saturated carbocycles. The van der Waals surface area contributed by atoms with Gasteiger partial charge in [-0.15, -0.1) is 6.58 Å². The summed E-state index contributed by atoms with van der Waals surface area (Å²) in [6, 6.07) is -1.61. The predicted molar refractivity (Wildman–Crippen MR) is 137 cm³/mol. The second kappa shape index (κ2) is 10.7. The monoisotopic (exact) mass is 504 g/mol. The average Bonchev–Trinajstić information content (AvgIpc) is 3.33. The van der Waals surface area contributed by atoms with Crippen LogP contribution in [0.25, 0.3) is 0 Å². The van der Waals surface area contributed by atoms with Gasteiger partial charge in [-0.2, -0.15) is 0 Å². The van der Waals surface area contributed by atoms with Crippen LogP contribution in [0.15, 0.2) is 25.3 Å². The second-order valence-corrected chi connectivity index (χ2v) is 11.3. The van der Waals surface area contributed by atoms with Crippen LogP contribution in [0, 0.1) is 23.7 Å². The van der Waals surface area contributed by atoms with Gasteiger partial charge >= 0.3 is 5.97 Å². The fraction of sp³-hybridized carbons (Fsp3) is 0.750. The van der Waals surface area contributed by atoms with E-state index in [1.165, 1.54) is 11.0 Å². The van der Waals surface area contributed by atoms with Crippen molar-refractivity contribution in [1.29, 1.82) is 0 Å². The highest BCUT2D eigenvalue weighted by atomic mass is 16.6. The van der Waals surface area contributed by atoms with Gasteiger partial charge in [-0.1, -0.05) is 52.8 Å². The number of hydrogen-bond donors (Lipinski definition) is 1. The van der Waals surface area contributed by atoms with Gasteiger partial charge < -0.3 is 24.4 Å². The van der Waals surface area contributed by atoms with E-state index in [1.54, 1.807) is 11.0 Å². The number of rotatable bonds is 12. The maximum Gasteiger partial charge on any atom is 0.313 e. The molecule has 1 spiro atoms. The van der Waals surface area contributed by atoms with Crippen LogP contribution in [0.3, 0.4) is 0 Å². The first-order valence-electron chi connectivity index (χ1n) is 13.3. The summed E-state index contributed by atoms with van der Waals surface area (Å²) in [5.41, 5.74) is -2.11. The first kappa shape index (κ1) is 28.4. The normalized spacial score (nSPS) is 34.4. The summed E-state index contributed by atoms with van der Waals surface area (Å²) >= 11 is 0. The number of esters is 1.